The molecule has 38 heavy (non-hydrogen) atoms. The number of oxime groups is 1. The smallest absolute Gasteiger partial charge is 0.313 e. The van der Waals surface area contributed by atoms with Gasteiger partial charge in [-0.2, -0.15) is 0 Å². The summed E-state index contributed by atoms with van der Waals surface area (Å²) in [6.07, 6.45) is 2.06. The van der Waals surface area contributed by atoms with Gasteiger partial charge in [-0.25, -0.2) is 18.7 Å². The minimum atomic E-state index is -1.08. The molecule has 1 saturated heterocycles. The number of aromatic nitrogens is 2. The maximum atomic E-state index is 14.8. The highest BCUT2D eigenvalue weighted by Crippen LogP contribution is 2.26. The molecule has 0 spiro atoms. The molecule has 0 saturated carbocycles. The molecule has 1 aliphatic heterocycles. The standard InChI is InChI=1S/C19H20F2N6O3.C4H6O4/c20-4-5-30-26-14-9-27(10-14)19-24-7-13(8-25-19)15-3-1-2-12(18(15)21)11-29-17(28)6-16(22)23;5-3(6)1-2-4(7)8/h1-3,7-8H,4-6,9-11H2,(H3,22,23);1-2H2,(H,5,6)(H,7,8). The number of anilines is 1. The molecule has 2 aromatic rings. The third kappa shape index (κ3) is 9.75. The number of esters is 1. The Morgan fingerprint density at radius 2 is 1.76 bits per heavy atom. The van der Waals surface area contributed by atoms with Gasteiger partial charge in [0, 0.05) is 29.1 Å². The summed E-state index contributed by atoms with van der Waals surface area (Å²) in [5, 5.41) is 26.7. The van der Waals surface area contributed by atoms with Gasteiger partial charge in [-0.1, -0.05) is 23.4 Å². The Morgan fingerprint density at radius 1 is 1.13 bits per heavy atom. The predicted molar refractivity (Wildman–Crippen MR) is 130 cm³/mol. The monoisotopic (exact) mass is 536 g/mol. The Balaban J connectivity index is 0.000000550. The lowest BCUT2D eigenvalue weighted by atomic mass is 10.1. The van der Waals surface area contributed by atoms with Crippen molar-refractivity contribution in [3.63, 3.8) is 0 Å². The number of carboxylic acids is 2. The fourth-order valence-electron chi connectivity index (χ4n) is 2.88. The molecule has 0 atom stereocenters. The number of alkyl halides is 1. The largest absolute Gasteiger partial charge is 0.481 e. The van der Waals surface area contributed by atoms with Gasteiger partial charge in [0.2, 0.25) is 5.95 Å². The van der Waals surface area contributed by atoms with Crippen LogP contribution in [0.3, 0.4) is 0 Å². The number of nitrogens with zero attached hydrogens (tertiary/aromatic N) is 4. The van der Waals surface area contributed by atoms with Gasteiger partial charge >= 0.3 is 17.9 Å². The number of nitrogens with two attached hydrogens (primary N) is 1. The summed E-state index contributed by atoms with van der Waals surface area (Å²) in [5.41, 5.74) is 6.82. The van der Waals surface area contributed by atoms with E-state index in [9.17, 15) is 23.2 Å². The van der Waals surface area contributed by atoms with Crippen LogP contribution in [0.1, 0.15) is 24.8 Å². The Morgan fingerprint density at radius 3 is 2.32 bits per heavy atom. The minimum Gasteiger partial charge on any atom is -0.481 e. The average molecular weight is 536 g/mol. The van der Waals surface area contributed by atoms with Crippen molar-refractivity contribution in [2.75, 3.05) is 31.3 Å². The van der Waals surface area contributed by atoms with Gasteiger partial charge in [0.05, 0.1) is 31.6 Å². The SMILES string of the molecule is N=C(N)CC(=O)OCc1cccc(-c2cnc(N3CC(=NOCCF)C3)nc2)c1F.O=C(O)CCC(=O)O. The number of hydrogen-bond acceptors (Lipinski definition) is 10. The number of carbonyl (C=O) groups is 3. The number of hydrogen-bond donors (Lipinski definition) is 4. The predicted octanol–water partition coefficient (Wildman–Crippen LogP) is 1.75. The number of aliphatic carboxylic acids is 2. The summed E-state index contributed by atoms with van der Waals surface area (Å²) in [6, 6.07) is 4.71. The fourth-order valence-corrected chi connectivity index (χ4v) is 2.88. The second kappa shape index (κ2) is 14.8. The summed E-state index contributed by atoms with van der Waals surface area (Å²) in [7, 11) is 0. The molecule has 1 aliphatic rings. The first-order valence-electron chi connectivity index (χ1n) is 11.1. The lowest BCUT2D eigenvalue weighted by Crippen LogP contribution is -2.48. The normalized spacial score (nSPS) is 11.9. The van der Waals surface area contributed by atoms with E-state index in [-0.39, 0.29) is 49.4 Å². The molecule has 0 radical (unpaired) electrons. The second-order valence-corrected chi connectivity index (χ2v) is 7.74. The zero-order valence-electron chi connectivity index (χ0n) is 20.1. The molecule has 15 heteroatoms. The number of carbonyl (C=O) groups excluding carboxylic acids is 1. The summed E-state index contributed by atoms with van der Waals surface area (Å²) in [5.74, 6) is -3.27. The summed E-state index contributed by atoms with van der Waals surface area (Å²) in [6.45, 7) is 0.00619. The number of halogens is 2. The Kier molecular flexibility index (Phi) is 11.5. The van der Waals surface area contributed by atoms with Crippen molar-refractivity contribution >= 4 is 35.4 Å². The molecule has 1 aromatic heterocycles. The van der Waals surface area contributed by atoms with Crippen LogP contribution in [0, 0.1) is 11.2 Å². The number of carboxylic acid groups (broad SMARTS) is 2. The van der Waals surface area contributed by atoms with Crippen LogP contribution in [-0.2, 0) is 30.6 Å². The number of ether oxygens (including phenoxy) is 1. The second-order valence-electron chi connectivity index (χ2n) is 7.74. The third-order valence-corrected chi connectivity index (χ3v) is 4.70. The highest BCUT2D eigenvalue weighted by Gasteiger charge is 2.25. The topological polar surface area (TPSA) is 201 Å². The van der Waals surface area contributed by atoms with E-state index < -0.39 is 30.4 Å². The maximum Gasteiger partial charge on any atom is 0.313 e. The van der Waals surface area contributed by atoms with Crippen molar-refractivity contribution < 1.29 is 43.0 Å². The molecular weight excluding hydrogens is 510 g/mol. The van der Waals surface area contributed by atoms with Gasteiger partial charge in [0.15, 0.2) is 0 Å². The summed E-state index contributed by atoms with van der Waals surface area (Å²) >= 11 is 0. The van der Waals surface area contributed by atoms with Crippen LogP contribution in [0.2, 0.25) is 0 Å². The third-order valence-electron chi connectivity index (χ3n) is 4.70. The molecule has 13 nitrogen and oxygen atoms in total. The molecule has 0 unspecified atom stereocenters. The highest BCUT2D eigenvalue weighted by atomic mass is 19.1. The first-order valence-corrected chi connectivity index (χ1v) is 11.1. The lowest BCUT2D eigenvalue weighted by Gasteiger charge is -2.31. The summed E-state index contributed by atoms with van der Waals surface area (Å²) < 4.78 is 31.8. The van der Waals surface area contributed by atoms with Crippen molar-refractivity contribution in [1.82, 2.24) is 9.97 Å². The van der Waals surface area contributed by atoms with E-state index in [1.807, 2.05) is 4.90 Å². The number of amidine groups is 1. The van der Waals surface area contributed by atoms with Gasteiger partial charge in [0.25, 0.3) is 0 Å². The molecule has 3 rings (SSSR count). The molecular formula is C23H26F2N6O7. The first kappa shape index (κ1) is 29.5. The van der Waals surface area contributed by atoms with Crippen molar-refractivity contribution in [2.24, 2.45) is 10.9 Å². The molecule has 5 N–H and O–H groups in total. The Bertz CT molecular complexity index is 1160. The zero-order chi connectivity index (χ0) is 28.1. The van der Waals surface area contributed by atoms with Gasteiger partial charge in [0.1, 0.15) is 38.0 Å². The van der Waals surface area contributed by atoms with Crippen molar-refractivity contribution in [2.45, 2.75) is 25.9 Å². The van der Waals surface area contributed by atoms with E-state index in [1.54, 1.807) is 12.1 Å². The van der Waals surface area contributed by atoms with E-state index in [0.29, 0.717) is 24.6 Å². The Labute approximate surface area is 215 Å². The van der Waals surface area contributed by atoms with Crippen molar-refractivity contribution in [3.05, 3.63) is 42.0 Å². The number of benzene rings is 1. The molecule has 0 bridgehead atoms. The molecule has 2 heterocycles. The maximum absolute atomic E-state index is 14.8. The van der Waals surface area contributed by atoms with E-state index in [4.69, 9.17) is 30.9 Å². The van der Waals surface area contributed by atoms with Gasteiger partial charge < -0.3 is 30.4 Å². The fraction of sp³-hybridized carbons (Fsp3) is 0.348. The molecule has 1 fully saturated rings. The number of nitrogens with one attached hydrogen (secondary N) is 1. The first-order chi connectivity index (χ1) is 18.1. The molecule has 204 valence electrons. The van der Waals surface area contributed by atoms with Crippen LogP contribution in [0.4, 0.5) is 14.7 Å². The summed E-state index contributed by atoms with van der Waals surface area (Å²) in [4.78, 5) is 45.9. The van der Waals surface area contributed by atoms with Crippen LogP contribution in [0.25, 0.3) is 11.1 Å². The van der Waals surface area contributed by atoms with Gasteiger partial charge in [-0.15, -0.1) is 0 Å². The molecule has 1 aromatic carbocycles. The average Bonchev–Trinajstić information content (AvgIpc) is 2.84. The van der Waals surface area contributed by atoms with E-state index in [1.165, 1.54) is 18.5 Å². The molecule has 0 amide bonds. The van der Waals surface area contributed by atoms with E-state index in [2.05, 4.69) is 15.1 Å². The number of rotatable bonds is 12. The highest BCUT2D eigenvalue weighted by molar-refractivity contribution is 5.98. The van der Waals surface area contributed by atoms with Gasteiger partial charge in [-0.3, -0.25) is 19.8 Å². The zero-order valence-corrected chi connectivity index (χ0v) is 20.1. The van der Waals surface area contributed by atoms with E-state index >= 15 is 0 Å². The van der Waals surface area contributed by atoms with E-state index in [0.717, 1.165) is 5.71 Å². The Hall–Kier alpha value is -4.69. The van der Waals surface area contributed by atoms with Crippen molar-refractivity contribution in [3.8, 4) is 11.1 Å². The lowest BCUT2D eigenvalue weighted by molar-refractivity contribution is -0.143. The van der Waals surface area contributed by atoms with Crippen LogP contribution in [0.15, 0.2) is 35.7 Å². The minimum absolute atomic E-state index is 0.0742. The van der Waals surface area contributed by atoms with Crippen LogP contribution >= 0.6 is 0 Å². The quantitative estimate of drug-likeness (QED) is 0.101. The van der Waals surface area contributed by atoms with Crippen LogP contribution in [-0.4, -0.2) is 76.0 Å². The van der Waals surface area contributed by atoms with Crippen LogP contribution in [0.5, 0.6) is 0 Å². The van der Waals surface area contributed by atoms with Gasteiger partial charge in [-0.05, 0) is 0 Å². The van der Waals surface area contributed by atoms with Crippen LogP contribution < -0.4 is 10.6 Å². The molecule has 0 aliphatic carbocycles. The van der Waals surface area contributed by atoms with Crippen molar-refractivity contribution in [1.29, 1.82) is 5.41 Å².